The van der Waals surface area contributed by atoms with Gasteiger partial charge in [-0.1, -0.05) is 0 Å². The number of terminal acetylenes is 1. The minimum Gasteiger partial charge on any atom is -0.327 e. The molecule has 0 aromatic carbocycles. The second-order valence-electron chi connectivity index (χ2n) is 5.47. The van der Waals surface area contributed by atoms with Crippen molar-refractivity contribution in [2.24, 2.45) is 35.3 Å². The van der Waals surface area contributed by atoms with Crippen LogP contribution in [0.25, 0.3) is 0 Å². The predicted molar refractivity (Wildman–Crippen MR) is 57.3 cm³/mol. The third kappa shape index (κ3) is 1.07. The summed E-state index contributed by atoms with van der Waals surface area (Å²) in [4.78, 5) is 0. The number of hydrogen-bond acceptors (Lipinski definition) is 1. The molecule has 0 spiro atoms. The summed E-state index contributed by atoms with van der Waals surface area (Å²) in [5.41, 5.74) is 6.21. The van der Waals surface area contributed by atoms with Gasteiger partial charge >= 0.3 is 0 Å². The molecule has 0 aliphatic heterocycles. The minimum absolute atomic E-state index is 0.407. The van der Waals surface area contributed by atoms with Crippen molar-refractivity contribution in [3.05, 3.63) is 0 Å². The monoisotopic (exact) mass is 189 g/mol. The lowest BCUT2D eigenvalue weighted by Gasteiger charge is -2.14. The average Bonchev–Trinajstić information content (AvgIpc) is 2.64. The van der Waals surface area contributed by atoms with Crippen molar-refractivity contribution in [2.45, 2.75) is 38.1 Å². The van der Waals surface area contributed by atoms with E-state index in [1.807, 2.05) is 0 Å². The van der Waals surface area contributed by atoms with Gasteiger partial charge in [0.05, 0.1) is 0 Å². The third-order valence-corrected chi connectivity index (χ3v) is 4.91. The molecular formula is C13H19N. The normalized spacial score (nSPS) is 49.9. The summed E-state index contributed by atoms with van der Waals surface area (Å²) in [5.74, 6) is 7.69. The highest BCUT2D eigenvalue weighted by molar-refractivity contribution is 5.15. The first kappa shape index (κ1) is 8.80. The molecular weight excluding hydrogens is 170 g/mol. The van der Waals surface area contributed by atoms with Crippen LogP contribution in [-0.4, -0.2) is 6.04 Å². The molecule has 0 heterocycles. The number of nitrogens with two attached hydrogens (primary N) is 1. The molecule has 2 N–H and O–H groups in total. The van der Waals surface area contributed by atoms with Gasteiger partial charge in [-0.25, -0.2) is 0 Å². The summed E-state index contributed by atoms with van der Waals surface area (Å²) in [6, 6.07) is 0.407. The summed E-state index contributed by atoms with van der Waals surface area (Å²) in [5, 5.41) is 0. The van der Waals surface area contributed by atoms with E-state index in [2.05, 4.69) is 5.92 Å². The quantitative estimate of drug-likeness (QED) is 0.675. The zero-order valence-electron chi connectivity index (χ0n) is 8.65. The average molecular weight is 189 g/mol. The van der Waals surface area contributed by atoms with Gasteiger partial charge in [-0.15, -0.1) is 12.3 Å². The first-order valence-electron chi connectivity index (χ1n) is 6.02. The lowest BCUT2D eigenvalue weighted by molar-refractivity contribution is 0.401. The maximum absolute atomic E-state index is 6.21. The molecule has 1 heteroatoms. The zero-order chi connectivity index (χ0) is 9.71. The number of hydrogen-bond donors (Lipinski definition) is 1. The van der Waals surface area contributed by atoms with E-state index < -0.39 is 0 Å². The molecule has 0 aromatic heterocycles. The maximum Gasteiger partial charge on any atom is 0.0101 e. The fourth-order valence-electron chi connectivity index (χ4n) is 4.41. The van der Waals surface area contributed by atoms with Crippen molar-refractivity contribution in [2.75, 3.05) is 0 Å². The van der Waals surface area contributed by atoms with Gasteiger partial charge in [0, 0.05) is 12.5 Å². The van der Waals surface area contributed by atoms with Gasteiger partial charge in [0.1, 0.15) is 0 Å². The number of rotatable bonds is 3. The summed E-state index contributed by atoms with van der Waals surface area (Å²) >= 11 is 0. The standard InChI is InChI=1S/C13H19N/c1-2-3-4-10(14)13-11-8-5-6-9(7-8)12(11)13/h1,8-13H,3-7,14H2. The second-order valence-corrected chi connectivity index (χ2v) is 5.47. The molecule has 14 heavy (non-hydrogen) atoms. The van der Waals surface area contributed by atoms with Crippen molar-refractivity contribution in [3.8, 4) is 12.3 Å². The van der Waals surface area contributed by atoms with Crippen LogP contribution >= 0.6 is 0 Å². The Morgan fingerprint density at radius 2 is 1.93 bits per heavy atom. The van der Waals surface area contributed by atoms with Crippen LogP contribution < -0.4 is 5.73 Å². The van der Waals surface area contributed by atoms with Crippen LogP contribution in [-0.2, 0) is 0 Å². The Labute approximate surface area is 86.4 Å². The lowest BCUT2D eigenvalue weighted by atomic mass is 9.95. The molecule has 0 saturated heterocycles. The van der Waals surface area contributed by atoms with E-state index in [1.54, 1.807) is 0 Å². The molecule has 5 atom stereocenters. The first-order valence-corrected chi connectivity index (χ1v) is 6.02. The molecule has 0 radical (unpaired) electrons. The van der Waals surface area contributed by atoms with Crippen molar-refractivity contribution in [1.29, 1.82) is 0 Å². The molecule has 3 rings (SSSR count). The Morgan fingerprint density at radius 1 is 1.29 bits per heavy atom. The highest BCUT2D eigenvalue weighted by Crippen LogP contribution is 2.70. The van der Waals surface area contributed by atoms with Gasteiger partial charge < -0.3 is 5.73 Å². The van der Waals surface area contributed by atoms with Crippen LogP contribution in [0.15, 0.2) is 0 Å². The largest absolute Gasteiger partial charge is 0.327 e. The fraction of sp³-hybridized carbons (Fsp3) is 0.846. The molecule has 2 bridgehead atoms. The van der Waals surface area contributed by atoms with Crippen molar-refractivity contribution < 1.29 is 0 Å². The molecule has 5 unspecified atom stereocenters. The summed E-state index contributed by atoms with van der Waals surface area (Å²) < 4.78 is 0. The Hall–Kier alpha value is -0.480. The van der Waals surface area contributed by atoms with Crippen LogP contribution in [0.3, 0.4) is 0 Å². The molecule has 3 aliphatic rings. The van der Waals surface area contributed by atoms with E-state index in [0.717, 1.165) is 42.4 Å². The van der Waals surface area contributed by atoms with Crippen LogP contribution in [0.2, 0.25) is 0 Å². The molecule has 1 nitrogen and oxygen atoms in total. The van der Waals surface area contributed by atoms with E-state index in [0.29, 0.717) is 6.04 Å². The first-order chi connectivity index (χ1) is 6.83. The SMILES string of the molecule is C#CCCC(N)C1C2C3CCC(C3)C12. The molecule has 3 fully saturated rings. The third-order valence-electron chi connectivity index (χ3n) is 4.91. The lowest BCUT2D eigenvalue weighted by Crippen LogP contribution is -2.25. The number of fused-ring (bicyclic) bond motifs is 5. The van der Waals surface area contributed by atoms with Crippen molar-refractivity contribution in [1.82, 2.24) is 0 Å². The van der Waals surface area contributed by atoms with E-state index in [9.17, 15) is 0 Å². The predicted octanol–water partition coefficient (Wildman–Crippen LogP) is 2.02. The van der Waals surface area contributed by atoms with E-state index in [4.69, 9.17) is 12.2 Å². The van der Waals surface area contributed by atoms with Crippen LogP contribution in [0, 0.1) is 41.9 Å². The highest BCUT2D eigenvalue weighted by atomic mass is 14.8. The highest BCUT2D eigenvalue weighted by Gasteiger charge is 2.65. The molecule has 0 aromatic rings. The van der Waals surface area contributed by atoms with E-state index in [1.165, 1.54) is 19.3 Å². The van der Waals surface area contributed by atoms with Gasteiger partial charge in [0.25, 0.3) is 0 Å². The van der Waals surface area contributed by atoms with E-state index >= 15 is 0 Å². The Kier molecular flexibility index (Phi) is 1.89. The van der Waals surface area contributed by atoms with Gasteiger partial charge in [-0.2, -0.15) is 0 Å². The van der Waals surface area contributed by atoms with E-state index in [-0.39, 0.29) is 0 Å². The van der Waals surface area contributed by atoms with Crippen LogP contribution in [0.1, 0.15) is 32.1 Å². The minimum atomic E-state index is 0.407. The summed E-state index contributed by atoms with van der Waals surface area (Å²) in [6.07, 6.45) is 11.7. The molecule has 76 valence electrons. The van der Waals surface area contributed by atoms with Gasteiger partial charge in [-0.05, 0) is 55.3 Å². The Morgan fingerprint density at radius 3 is 2.50 bits per heavy atom. The fourth-order valence-corrected chi connectivity index (χ4v) is 4.41. The second kappa shape index (κ2) is 3.00. The van der Waals surface area contributed by atoms with Crippen molar-refractivity contribution in [3.63, 3.8) is 0 Å². The zero-order valence-corrected chi connectivity index (χ0v) is 8.65. The van der Waals surface area contributed by atoms with Gasteiger partial charge in [-0.3, -0.25) is 0 Å². The molecule has 0 amide bonds. The van der Waals surface area contributed by atoms with Crippen molar-refractivity contribution >= 4 is 0 Å². The summed E-state index contributed by atoms with van der Waals surface area (Å²) in [7, 11) is 0. The van der Waals surface area contributed by atoms with Crippen LogP contribution in [0.4, 0.5) is 0 Å². The van der Waals surface area contributed by atoms with Gasteiger partial charge in [0.15, 0.2) is 0 Å². The smallest absolute Gasteiger partial charge is 0.0101 e. The topological polar surface area (TPSA) is 26.0 Å². The van der Waals surface area contributed by atoms with Gasteiger partial charge in [0.2, 0.25) is 0 Å². The maximum atomic E-state index is 6.21. The Bertz CT molecular complexity index is 261. The summed E-state index contributed by atoms with van der Waals surface area (Å²) in [6.45, 7) is 0. The molecule has 3 saturated carbocycles. The Balaban J connectivity index is 1.60. The van der Waals surface area contributed by atoms with Crippen LogP contribution in [0.5, 0.6) is 0 Å². The molecule has 3 aliphatic carbocycles.